The number of nitrogens with zero attached hydrogens (tertiary/aromatic N) is 1. The molecule has 0 radical (unpaired) electrons. The predicted octanol–water partition coefficient (Wildman–Crippen LogP) is 2.66. The summed E-state index contributed by atoms with van der Waals surface area (Å²) in [6, 6.07) is 8.25. The Labute approximate surface area is 86.7 Å². The van der Waals surface area contributed by atoms with Gasteiger partial charge in [-0.25, -0.2) is 0 Å². The van der Waals surface area contributed by atoms with Crippen molar-refractivity contribution in [3.05, 3.63) is 29.8 Å². The van der Waals surface area contributed by atoms with Gasteiger partial charge in [-0.05, 0) is 25.5 Å². The lowest BCUT2D eigenvalue weighted by Gasteiger charge is -2.25. The Hall–Kier alpha value is -1.42. The Morgan fingerprint density at radius 1 is 1.21 bits per heavy atom. The van der Waals surface area contributed by atoms with Crippen molar-refractivity contribution in [3.8, 4) is 12.3 Å². The Bertz CT molecular complexity index is 356. The van der Waals surface area contributed by atoms with Crippen molar-refractivity contribution in [2.24, 2.45) is 0 Å². The van der Waals surface area contributed by atoms with E-state index in [0.717, 1.165) is 0 Å². The lowest BCUT2D eigenvalue weighted by atomic mass is 9.84. The van der Waals surface area contributed by atoms with E-state index in [2.05, 4.69) is 36.8 Å². The van der Waals surface area contributed by atoms with Gasteiger partial charge in [-0.1, -0.05) is 24.1 Å². The average Bonchev–Trinajstić information content (AvgIpc) is 2.18. The molecule has 0 atom stereocenters. The van der Waals surface area contributed by atoms with Crippen LogP contribution >= 0.6 is 0 Å². The lowest BCUT2D eigenvalue weighted by molar-refractivity contribution is 0.697. The second-order valence-corrected chi connectivity index (χ2v) is 4.18. The van der Waals surface area contributed by atoms with Gasteiger partial charge in [-0.2, -0.15) is 0 Å². The summed E-state index contributed by atoms with van der Waals surface area (Å²) < 4.78 is 0. The standard InChI is InChI=1S/C13H17N/c1-6-13(2,3)11-9-7-8-10-12(11)14(4)5/h1,7-10H,2-5H3. The van der Waals surface area contributed by atoms with Crippen molar-refractivity contribution in [2.75, 3.05) is 19.0 Å². The smallest absolute Gasteiger partial charge is 0.0524 e. The second-order valence-electron chi connectivity index (χ2n) is 4.18. The minimum Gasteiger partial charge on any atom is -0.377 e. The van der Waals surface area contributed by atoms with Gasteiger partial charge in [-0.15, -0.1) is 6.42 Å². The molecule has 1 heteroatoms. The van der Waals surface area contributed by atoms with Crippen molar-refractivity contribution in [2.45, 2.75) is 19.3 Å². The van der Waals surface area contributed by atoms with E-state index >= 15 is 0 Å². The summed E-state index contributed by atoms with van der Waals surface area (Å²) in [5, 5.41) is 0. The molecule has 14 heavy (non-hydrogen) atoms. The van der Waals surface area contributed by atoms with E-state index in [1.807, 2.05) is 26.2 Å². The number of terminal acetylenes is 1. The minimum absolute atomic E-state index is 0.207. The highest BCUT2D eigenvalue weighted by molar-refractivity contribution is 5.57. The number of anilines is 1. The monoisotopic (exact) mass is 187 g/mol. The maximum Gasteiger partial charge on any atom is 0.0524 e. The number of hydrogen-bond donors (Lipinski definition) is 0. The molecule has 0 N–H and O–H groups in total. The number of hydrogen-bond acceptors (Lipinski definition) is 1. The normalized spacial score (nSPS) is 10.8. The van der Waals surface area contributed by atoms with Crippen LogP contribution in [-0.2, 0) is 5.41 Å². The van der Waals surface area contributed by atoms with Gasteiger partial charge in [0, 0.05) is 19.8 Å². The van der Waals surface area contributed by atoms with Crippen LogP contribution in [0.4, 0.5) is 5.69 Å². The van der Waals surface area contributed by atoms with E-state index in [1.165, 1.54) is 11.3 Å². The molecule has 0 fully saturated rings. The molecule has 0 saturated heterocycles. The van der Waals surface area contributed by atoms with Crippen LogP contribution in [0.5, 0.6) is 0 Å². The first-order chi connectivity index (χ1) is 6.49. The summed E-state index contributed by atoms with van der Waals surface area (Å²) in [6.45, 7) is 4.13. The van der Waals surface area contributed by atoms with Gasteiger partial charge in [-0.3, -0.25) is 0 Å². The van der Waals surface area contributed by atoms with Gasteiger partial charge in [0.15, 0.2) is 0 Å². The maximum atomic E-state index is 5.54. The molecule has 0 spiro atoms. The first kappa shape index (κ1) is 10.7. The summed E-state index contributed by atoms with van der Waals surface area (Å²) >= 11 is 0. The average molecular weight is 187 g/mol. The number of benzene rings is 1. The highest BCUT2D eigenvalue weighted by Crippen LogP contribution is 2.30. The van der Waals surface area contributed by atoms with E-state index in [1.54, 1.807) is 0 Å². The molecule has 74 valence electrons. The summed E-state index contributed by atoms with van der Waals surface area (Å²) in [7, 11) is 4.07. The van der Waals surface area contributed by atoms with Gasteiger partial charge in [0.2, 0.25) is 0 Å². The molecule has 0 amide bonds. The molecular formula is C13H17N. The van der Waals surface area contributed by atoms with Crippen molar-refractivity contribution in [1.29, 1.82) is 0 Å². The fourth-order valence-corrected chi connectivity index (χ4v) is 1.47. The van der Waals surface area contributed by atoms with Gasteiger partial charge in [0.1, 0.15) is 0 Å². The summed E-state index contributed by atoms with van der Waals surface area (Å²) in [5.74, 6) is 2.83. The molecule has 0 aliphatic rings. The Kier molecular flexibility index (Phi) is 2.86. The van der Waals surface area contributed by atoms with Crippen LogP contribution in [0.2, 0.25) is 0 Å². The molecule has 0 aliphatic heterocycles. The summed E-state index contributed by atoms with van der Waals surface area (Å²) in [6.07, 6.45) is 5.54. The third kappa shape index (κ3) is 1.90. The number of para-hydroxylation sites is 1. The zero-order valence-electron chi connectivity index (χ0n) is 9.33. The van der Waals surface area contributed by atoms with Crippen LogP contribution in [0, 0.1) is 12.3 Å². The van der Waals surface area contributed by atoms with Gasteiger partial charge >= 0.3 is 0 Å². The van der Waals surface area contributed by atoms with Crippen LogP contribution in [-0.4, -0.2) is 14.1 Å². The largest absolute Gasteiger partial charge is 0.377 e. The quantitative estimate of drug-likeness (QED) is 0.643. The topological polar surface area (TPSA) is 3.24 Å². The third-order valence-electron chi connectivity index (χ3n) is 2.42. The molecule has 0 aliphatic carbocycles. The molecule has 0 saturated carbocycles. The predicted molar refractivity (Wildman–Crippen MR) is 62.6 cm³/mol. The van der Waals surface area contributed by atoms with E-state index < -0.39 is 0 Å². The fraction of sp³-hybridized carbons (Fsp3) is 0.385. The second kappa shape index (κ2) is 3.75. The molecular weight excluding hydrogens is 170 g/mol. The zero-order chi connectivity index (χ0) is 10.8. The van der Waals surface area contributed by atoms with E-state index in [-0.39, 0.29) is 5.41 Å². The van der Waals surface area contributed by atoms with Crippen LogP contribution < -0.4 is 4.90 Å². The zero-order valence-corrected chi connectivity index (χ0v) is 9.33. The molecule has 0 bridgehead atoms. The molecule has 1 aromatic carbocycles. The lowest BCUT2D eigenvalue weighted by Crippen LogP contribution is -2.20. The van der Waals surface area contributed by atoms with Crippen LogP contribution in [0.1, 0.15) is 19.4 Å². The molecule has 1 aromatic rings. The first-order valence-electron chi connectivity index (χ1n) is 4.73. The molecule has 0 heterocycles. The Balaban J connectivity index is 3.29. The molecule has 0 unspecified atom stereocenters. The molecule has 1 rings (SSSR count). The van der Waals surface area contributed by atoms with Gasteiger partial charge in [0.05, 0.1) is 5.41 Å². The summed E-state index contributed by atoms with van der Waals surface area (Å²) in [4.78, 5) is 2.09. The maximum absolute atomic E-state index is 5.54. The van der Waals surface area contributed by atoms with E-state index in [4.69, 9.17) is 6.42 Å². The van der Waals surface area contributed by atoms with Crippen LogP contribution in [0.15, 0.2) is 24.3 Å². The van der Waals surface area contributed by atoms with Crippen molar-refractivity contribution in [3.63, 3.8) is 0 Å². The van der Waals surface area contributed by atoms with Crippen molar-refractivity contribution >= 4 is 5.69 Å². The van der Waals surface area contributed by atoms with Crippen molar-refractivity contribution < 1.29 is 0 Å². The minimum atomic E-state index is -0.207. The fourth-order valence-electron chi connectivity index (χ4n) is 1.47. The van der Waals surface area contributed by atoms with Gasteiger partial charge < -0.3 is 4.90 Å². The Morgan fingerprint density at radius 3 is 2.29 bits per heavy atom. The van der Waals surface area contributed by atoms with Crippen LogP contribution in [0.3, 0.4) is 0 Å². The summed E-state index contributed by atoms with van der Waals surface area (Å²) in [5.41, 5.74) is 2.18. The highest BCUT2D eigenvalue weighted by atomic mass is 15.1. The van der Waals surface area contributed by atoms with Gasteiger partial charge in [0.25, 0.3) is 0 Å². The molecule has 0 aromatic heterocycles. The Morgan fingerprint density at radius 2 is 1.79 bits per heavy atom. The third-order valence-corrected chi connectivity index (χ3v) is 2.42. The van der Waals surface area contributed by atoms with Crippen molar-refractivity contribution in [1.82, 2.24) is 0 Å². The van der Waals surface area contributed by atoms with E-state index in [0.29, 0.717) is 0 Å². The first-order valence-corrected chi connectivity index (χ1v) is 4.73. The van der Waals surface area contributed by atoms with Crippen LogP contribution in [0.25, 0.3) is 0 Å². The number of rotatable bonds is 2. The molecule has 1 nitrogen and oxygen atoms in total. The van der Waals surface area contributed by atoms with E-state index in [9.17, 15) is 0 Å². The SMILES string of the molecule is C#CC(C)(C)c1ccccc1N(C)C. The highest BCUT2D eigenvalue weighted by Gasteiger charge is 2.20.